The monoisotopic (exact) mass is 748 g/mol. The molecular formula is C42H35F3N4O6. The van der Waals surface area contributed by atoms with Crippen LogP contribution in [0.4, 0.5) is 18.9 Å². The molecule has 5 aromatic carbocycles. The highest BCUT2D eigenvalue weighted by molar-refractivity contribution is 5.97. The summed E-state index contributed by atoms with van der Waals surface area (Å²) in [4.78, 5) is 43.5. The number of hydrogen-bond acceptors (Lipinski definition) is 7. The highest BCUT2D eigenvalue weighted by Crippen LogP contribution is 2.35. The topological polar surface area (TPSA) is 135 Å². The first kappa shape index (κ1) is 38.0. The Morgan fingerprint density at radius 2 is 1.51 bits per heavy atom. The van der Waals surface area contributed by atoms with Crippen molar-refractivity contribution in [3.05, 3.63) is 143 Å². The van der Waals surface area contributed by atoms with Gasteiger partial charge in [0, 0.05) is 28.9 Å². The van der Waals surface area contributed by atoms with E-state index in [0.717, 1.165) is 27.7 Å². The van der Waals surface area contributed by atoms with Crippen molar-refractivity contribution in [1.29, 1.82) is 0 Å². The third kappa shape index (κ3) is 9.25. The second-order valence-corrected chi connectivity index (χ2v) is 12.9. The molecular weight excluding hydrogens is 713 g/mol. The van der Waals surface area contributed by atoms with E-state index in [1.165, 1.54) is 54.6 Å². The van der Waals surface area contributed by atoms with Crippen LogP contribution in [-0.4, -0.2) is 51.6 Å². The molecule has 6 aromatic rings. The minimum Gasteiger partial charge on any atom is -0.497 e. The van der Waals surface area contributed by atoms with Crippen LogP contribution in [-0.2, 0) is 28.7 Å². The number of carboxylic acids is 1. The lowest BCUT2D eigenvalue weighted by atomic mass is 9.98. The van der Waals surface area contributed by atoms with Crippen molar-refractivity contribution in [3.8, 4) is 39.7 Å². The Morgan fingerprint density at radius 1 is 0.836 bits per heavy atom. The molecule has 0 aliphatic carbocycles. The van der Waals surface area contributed by atoms with E-state index in [-0.39, 0.29) is 29.1 Å². The number of nitrogens with zero attached hydrogens (tertiary/aromatic N) is 3. The Morgan fingerprint density at radius 3 is 2.15 bits per heavy atom. The predicted octanol–water partition coefficient (Wildman–Crippen LogP) is 8.62. The molecule has 10 nitrogen and oxygen atoms in total. The second kappa shape index (κ2) is 16.1. The lowest BCUT2D eigenvalue weighted by Crippen LogP contribution is -2.35. The number of carbonyl (C=O) groups excluding carboxylic acids is 2. The van der Waals surface area contributed by atoms with Gasteiger partial charge >= 0.3 is 12.1 Å². The van der Waals surface area contributed by atoms with Crippen molar-refractivity contribution in [1.82, 2.24) is 15.0 Å². The highest BCUT2D eigenvalue weighted by atomic mass is 19.4. The number of aromatic nitrogens is 2. The van der Waals surface area contributed by atoms with Gasteiger partial charge in [-0.25, -0.2) is 0 Å². The van der Waals surface area contributed by atoms with Gasteiger partial charge in [0.05, 0.1) is 19.1 Å². The van der Waals surface area contributed by atoms with Crippen LogP contribution in [0, 0.1) is 13.8 Å². The first-order valence-electron chi connectivity index (χ1n) is 17.0. The van der Waals surface area contributed by atoms with Crippen LogP contribution in [0.25, 0.3) is 34.0 Å². The molecule has 0 spiro atoms. The molecule has 0 unspecified atom stereocenters. The summed E-state index contributed by atoms with van der Waals surface area (Å²) in [5.41, 5.74) is 5.83. The highest BCUT2D eigenvalue weighted by Gasteiger charge is 2.34. The van der Waals surface area contributed by atoms with E-state index in [0.29, 0.717) is 22.8 Å². The molecule has 0 radical (unpaired) electrons. The smallest absolute Gasteiger partial charge is 0.416 e. The van der Waals surface area contributed by atoms with Gasteiger partial charge in [0.15, 0.2) is 0 Å². The molecule has 2 N–H and O–H groups in total. The zero-order chi connectivity index (χ0) is 39.3. The van der Waals surface area contributed by atoms with E-state index >= 15 is 0 Å². The Hall–Kier alpha value is -6.76. The van der Waals surface area contributed by atoms with Crippen molar-refractivity contribution in [2.45, 2.75) is 33.0 Å². The normalized spacial score (nSPS) is 11.2. The minimum absolute atomic E-state index is 0.00971. The van der Waals surface area contributed by atoms with Gasteiger partial charge in [0.2, 0.25) is 11.7 Å². The van der Waals surface area contributed by atoms with Crippen LogP contribution in [0.1, 0.15) is 38.2 Å². The van der Waals surface area contributed by atoms with E-state index in [2.05, 4.69) is 47.5 Å². The number of halogens is 3. The summed E-state index contributed by atoms with van der Waals surface area (Å²) >= 11 is 0. The predicted molar refractivity (Wildman–Crippen MR) is 199 cm³/mol. The third-order valence-electron chi connectivity index (χ3n) is 8.84. The summed E-state index contributed by atoms with van der Waals surface area (Å²) in [5, 5.41) is 16.2. The fraction of sp³-hybridized carbons (Fsp3) is 0.167. The van der Waals surface area contributed by atoms with Crippen molar-refractivity contribution in [2.24, 2.45) is 0 Å². The molecule has 0 bridgehead atoms. The van der Waals surface area contributed by atoms with Crippen LogP contribution >= 0.6 is 0 Å². The van der Waals surface area contributed by atoms with E-state index in [9.17, 15) is 32.7 Å². The molecule has 0 aliphatic heterocycles. The lowest BCUT2D eigenvalue weighted by Gasteiger charge is -2.21. The maximum Gasteiger partial charge on any atom is 0.416 e. The number of nitrogens with one attached hydrogen (secondary N) is 1. The average Bonchev–Trinajstić information content (AvgIpc) is 3.65. The Labute approximate surface area is 314 Å². The number of anilines is 1. The number of benzene rings is 5. The summed E-state index contributed by atoms with van der Waals surface area (Å²) in [7, 11) is 1.25. The fourth-order valence-electron chi connectivity index (χ4n) is 6.09. The van der Waals surface area contributed by atoms with Crippen LogP contribution in [0.2, 0.25) is 0 Å². The van der Waals surface area contributed by atoms with E-state index in [4.69, 9.17) is 9.26 Å². The van der Waals surface area contributed by atoms with Gasteiger partial charge in [-0.1, -0.05) is 71.4 Å². The maximum atomic E-state index is 13.6. The maximum absolute atomic E-state index is 13.6. The van der Waals surface area contributed by atoms with Crippen molar-refractivity contribution >= 4 is 23.5 Å². The molecule has 0 saturated heterocycles. The number of alkyl halides is 3. The van der Waals surface area contributed by atoms with Crippen LogP contribution < -0.4 is 10.1 Å². The molecule has 0 aliphatic rings. The van der Waals surface area contributed by atoms with Gasteiger partial charge in [-0.05, 0) is 90.2 Å². The number of methoxy groups -OCH3 is 1. The van der Waals surface area contributed by atoms with E-state index < -0.39 is 42.5 Å². The summed E-state index contributed by atoms with van der Waals surface area (Å²) in [6, 6.07) is 30.1. The van der Waals surface area contributed by atoms with Crippen LogP contribution in [0.3, 0.4) is 0 Å². The summed E-state index contributed by atoms with van der Waals surface area (Å²) in [6.07, 6.45) is -5.24. The zero-order valence-corrected chi connectivity index (χ0v) is 30.0. The number of rotatable bonds is 12. The van der Waals surface area contributed by atoms with Crippen molar-refractivity contribution in [2.75, 3.05) is 19.0 Å². The molecule has 2 amide bonds. The Bertz CT molecular complexity index is 2340. The van der Waals surface area contributed by atoms with Crippen LogP contribution in [0.15, 0.2) is 114 Å². The molecule has 55 heavy (non-hydrogen) atoms. The second-order valence-electron chi connectivity index (χ2n) is 12.9. The Balaban J connectivity index is 1.09. The zero-order valence-electron chi connectivity index (χ0n) is 30.0. The largest absolute Gasteiger partial charge is 0.497 e. The first-order chi connectivity index (χ1) is 26.3. The molecule has 0 saturated carbocycles. The summed E-state index contributed by atoms with van der Waals surface area (Å²) in [5.74, 6) is -1.78. The molecule has 1 aromatic heterocycles. The molecule has 1 heterocycles. The SMILES string of the molecule is COc1ccc(CC(=O)Nc2ccc(C(=O)N(CC(=O)O)Cc3ccc(-c4noc(-c5ccc(-c6ccc(C)cc6C)cc5)n4)cc3)cc2)c(C(F)(F)F)c1. The van der Waals surface area contributed by atoms with Crippen molar-refractivity contribution in [3.63, 3.8) is 0 Å². The van der Waals surface area contributed by atoms with Gasteiger partial charge < -0.3 is 24.6 Å². The summed E-state index contributed by atoms with van der Waals surface area (Å²) < 4.78 is 51.2. The standard InChI is InChI=1S/C42H35F3N4O6/c1-25-4-19-35(26(2)20-25)28-9-11-30(12-10-28)40-47-39(48-55-40)29-7-5-27(6-8-29)23-49(24-38(51)52)41(53)31-13-16-33(17-14-31)46-37(50)21-32-15-18-34(54-3)22-36(32)42(43,44)45/h4-20,22H,21,23-24H2,1-3H3,(H,46,50)(H,51,52). The minimum atomic E-state index is -4.69. The van der Waals surface area contributed by atoms with Crippen LogP contribution in [0.5, 0.6) is 5.75 Å². The van der Waals surface area contributed by atoms with Gasteiger partial charge in [-0.2, -0.15) is 18.2 Å². The quantitative estimate of drug-likeness (QED) is 0.127. The molecule has 13 heteroatoms. The Kier molecular flexibility index (Phi) is 11.1. The number of amides is 2. The lowest BCUT2D eigenvalue weighted by molar-refractivity contribution is -0.139. The van der Waals surface area contributed by atoms with Gasteiger partial charge in [0.25, 0.3) is 11.8 Å². The number of ether oxygens (including phenoxy) is 1. The van der Waals surface area contributed by atoms with Gasteiger partial charge in [0.1, 0.15) is 12.3 Å². The molecule has 6 rings (SSSR count). The molecule has 280 valence electrons. The number of carbonyl (C=O) groups is 3. The summed E-state index contributed by atoms with van der Waals surface area (Å²) in [6.45, 7) is 3.52. The number of carboxylic acid groups (broad SMARTS) is 1. The third-order valence-corrected chi connectivity index (χ3v) is 8.84. The van der Waals surface area contributed by atoms with Crippen molar-refractivity contribution < 1.29 is 41.9 Å². The number of hydrogen-bond donors (Lipinski definition) is 2. The number of aryl methyl sites for hydroxylation is 2. The average molecular weight is 749 g/mol. The number of aliphatic carboxylic acids is 1. The van der Waals surface area contributed by atoms with E-state index in [1.54, 1.807) is 24.3 Å². The van der Waals surface area contributed by atoms with E-state index in [1.807, 2.05) is 24.3 Å². The van der Waals surface area contributed by atoms with Gasteiger partial charge in [-0.15, -0.1) is 0 Å². The first-order valence-corrected chi connectivity index (χ1v) is 17.0. The fourth-order valence-corrected chi connectivity index (χ4v) is 6.09. The van der Waals surface area contributed by atoms with Gasteiger partial charge in [-0.3, -0.25) is 14.4 Å². The molecule has 0 atom stereocenters. The molecule has 0 fully saturated rings.